The summed E-state index contributed by atoms with van der Waals surface area (Å²) in [5.74, 6) is 5.53. The molecule has 5 rings (SSSR count). The Balaban J connectivity index is 1.33. The monoisotopic (exact) mass is 411 g/mol. The first kappa shape index (κ1) is 21.3. The number of hydrogen-bond donors (Lipinski definition) is 0. The molecule has 0 aromatic carbocycles. The van der Waals surface area contributed by atoms with E-state index < -0.39 is 0 Å². The molecule has 2 nitrogen and oxygen atoms in total. The van der Waals surface area contributed by atoms with E-state index >= 15 is 0 Å². The first-order chi connectivity index (χ1) is 14.2. The molecule has 0 radical (unpaired) electrons. The number of hydrogen-bond acceptors (Lipinski definition) is 2. The van der Waals surface area contributed by atoms with Crippen molar-refractivity contribution in [1.29, 1.82) is 5.26 Å². The molecule has 30 heavy (non-hydrogen) atoms. The van der Waals surface area contributed by atoms with Gasteiger partial charge in [-0.3, -0.25) is 0 Å². The lowest BCUT2D eigenvalue weighted by atomic mass is 9.44. The Bertz CT molecular complexity index is 710. The van der Waals surface area contributed by atoms with Gasteiger partial charge in [0.15, 0.2) is 0 Å². The Labute approximate surface area is 185 Å². The van der Waals surface area contributed by atoms with Crippen molar-refractivity contribution >= 4 is 0 Å². The van der Waals surface area contributed by atoms with Crippen molar-refractivity contribution in [3.05, 3.63) is 0 Å². The highest BCUT2D eigenvalue weighted by atomic mass is 16.6. The average molecular weight is 412 g/mol. The topological polar surface area (TPSA) is 36.3 Å². The van der Waals surface area contributed by atoms with Crippen molar-refractivity contribution in [2.24, 2.45) is 52.3 Å². The second-order valence-corrected chi connectivity index (χ2v) is 13.1. The highest BCUT2D eigenvalue weighted by Crippen LogP contribution is 2.74. The van der Waals surface area contributed by atoms with Crippen molar-refractivity contribution in [1.82, 2.24) is 0 Å². The smallest absolute Gasteiger partial charge is 0.102 e. The zero-order valence-corrected chi connectivity index (χ0v) is 20.3. The molecule has 2 heteroatoms. The van der Waals surface area contributed by atoms with E-state index in [-0.39, 0.29) is 11.5 Å². The van der Waals surface area contributed by atoms with Crippen LogP contribution in [-0.4, -0.2) is 11.7 Å². The third kappa shape index (κ3) is 2.89. The lowest BCUT2D eigenvalue weighted by molar-refractivity contribution is -0.104. The first-order valence-corrected chi connectivity index (χ1v) is 13.3. The summed E-state index contributed by atoms with van der Waals surface area (Å²) < 4.78 is 6.58. The number of fused-ring (bicyclic) bond motifs is 4. The van der Waals surface area contributed by atoms with Crippen molar-refractivity contribution in [2.75, 3.05) is 0 Å². The second-order valence-electron chi connectivity index (χ2n) is 13.1. The highest BCUT2D eigenvalue weighted by Gasteiger charge is 2.76. The van der Waals surface area contributed by atoms with Gasteiger partial charge in [-0.1, -0.05) is 53.9 Å². The average Bonchev–Trinajstić information content (AvgIpc) is 3.28. The summed E-state index contributed by atoms with van der Waals surface area (Å²) >= 11 is 0. The molecule has 5 aliphatic rings. The molecule has 1 saturated heterocycles. The lowest BCUT2D eigenvalue weighted by Gasteiger charge is -2.59. The molecule has 0 bridgehead atoms. The highest BCUT2D eigenvalue weighted by molar-refractivity contribution is 5.25. The summed E-state index contributed by atoms with van der Waals surface area (Å²) in [6.45, 7) is 12.6. The van der Waals surface area contributed by atoms with Crippen LogP contribution in [0.2, 0.25) is 0 Å². The van der Waals surface area contributed by atoms with Crippen LogP contribution >= 0.6 is 0 Å². The molecule has 0 N–H and O–H groups in total. The number of epoxide rings is 1. The summed E-state index contributed by atoms with van der Waals surface area (Å²) in [6.07, 6.45) is 15.1. The van der Waals surface area contributed by atoms with Crippen LogP contribution in [0.15, 0.2) is 0 Å². The van der Waals surface area contributed by atoms with Gasteiger partial charge >= 0.3 is 0 Å². The SMILES string of the molecule is CC(C)CCC[C@@H](C)[C@@H]1CC[C@@H]2[C@H]3C[C@@H]4O[C@@]45C[C@@H](C#N)CC[C@]5(C)[C@@H]3CC[C@@]21C. The zero-order valence-electron chi connectivity index (χ0n) is 20.3. The minimum absolute atomic E-state index is 0.0721. The quantitative estimate of drug-likeness (QED) is 0.442. The Kier molecular flexibility index (Phi) is 5.13. The van der Waals surface area contributed by atoms with Crippen LogP contribution in [0, 0.1) is 63.6 Å². The Morgan fingerprint density at radius 3 is 2.53 bits per heavy atom. The van der Waals surface area contributed by atoms with Gasteiger partial charge in [0, 0.05) is 11.3 Å². The van der Waals surface area contributed by atoms with Gasteiger partial charge in [-0.2, -0.15) is 5.26 Å². The number of nitrogens with zero attached hydrogens (tertiary/aromatic N) is 1. The summed E-state index contributed by atoms with van der Waals surface area (Å²) in [6, 6.07) is 2.58. The third-order valence-corrected chi connectivity index (χ3v) is 11.5. The van der Waals surface area contributed by atoms with Gasteiger partial charge in [-0.15, -0.1) is 0 Å². The Morgan fingerprint density at radius 2 is 1.80 bits per heavy atom. The van der Waals surface area contributed by atoms with Crippen molar-refractivity contribution in [3.8, 4) is 6.07 Å². The molecule has 0 aromatic heterocycles. The predicted octanol–water partition coefficient (Wildman–Crippen LogP) is 7.38. The fourth-order valence-corrected chi connectivity index (χ4v) is 9.82. The molecule has 4 saturated carbocycles. The lowest BCUT2D eigenvalue weighted by Crippen LogP contribution is -2.58. The summed E-state index contributed by atoms with van der Waals surface area (Å²) in [5.41, 5.74) is 0.965. The summed E-state index contributed by atoms with van der Waals surface area (Å²) in [4.78, 5) is 0. The molecular weight excluding hydrogens is 366 g/mol. The molecule has 4 aliphatic carbocycles. The first-order valence-electron chi connectivity index (χ1n) is 13.3. The fourth-order valence-electron chi connectivity index (χ4n) is 9.82. The standard InChI is InChI=1S/C28H45NO/c1-18(2)7-6-8-19(3)22-9-10-23-21-15-25-28(30-25)16-20(17-29)11-14-27(28,5)24(21)12-13-26(22,23)4/h18-25H,6-16H2,1-5H3/t19-,20+,21-,22+,23-,24-,25+,26-,27-,28+/m1/s1. The maximum atomic E-state index is 9.56. The third-order valence-electron chi connectivity index (χ3n) is 11.5. The molecular formula is C28H45NO. The van der Waals surface area contributed by atoms with Gasteiger partial charge < -0.3 is 4.74 Å². The van der Waals surface area contributed by atoms with Crippen LogP contribution in [0.1, 0.15) is 105 Å². The van der Waals surface area contributed by atoms with Crippen LogP contribution in [0.3, 0.4) is 0 Å². The number of nitriles is 1. The second kappa shape index (κ2) is 7.23. The van der Waals surface area contributed by atoms with Gasteiger partial charge in [0.25, 0.3) is 0 Å². The van der Waals surface area contributed by atoms with E-state index in [1.807, 2.05) is 0 Å². The molecule has 1 heterocycles. The zero-order chi connectivity index (χ0) is 21.3. The van der Waals surface area contributed by atoms with Crippen LogP contribution in [-0.2, 0) is 4.74 Å². The van der Waals surface area contributed by atoms with Crippen LogP contribution in [0.4, 0.5) is 0 Å². The van der Waals surface area contributed by atoms with Gasteiger partial charge in [-0.05, 0) is 92.3 Å². The minimum atomic E-state index is 0.0721. The van der Waals surface area contributed by atoms with Gasteiger partial charge in [0.05, 0.1) is 12.2 Å². The van der Waals surface area contributed by atoms with Gasteiger partial charge in [0.1, 0.15) is 5.60 Å². The number of ether oxygens (including phenoxy) is 1. The molecule has 1 spiro atoms. The van der Waals surface area contributed by atoms with E-state index in [1.165, 1.54) is 57.8 Å². The minimum Gasteiger partial charge on any atom is -0.365 e. The largest absolute Gasteiger partial charge is 0.365 e. The molecule has 5 fully saturated rings. The molecule has 168 valence electrons. The van der Waals surface area contributed by atoms with E-state index in [2.05, 4.69) is 40.7 Å². The predicted molar refractivity (Wildman–Crippen MR) is 122 cm³/mol. The molecule has 1 aliphatic heterocycles. The van der Waals surface area contributed by atoms with Crippen LogP contribution < -0.4 is 0 Å². The summed E-state index contributed by atoms with van der Waals surface area (Å²) in [7, 11) is 0. The van der Waals surface area contributed by atoms with Crippen LogP contribution in [0.5, 0.6) is 0 Å². The van der Waals surface area contributed by atoms with Crippen molar-refractivity contribution < 1.29 is 4.74 Å². The van der Waals surface area contributed by atoms with Crippen molar-refractivity contribution in [3.63, 3.8) is 0 Å². The maximum absolute atomic E-state index is 9.56. The van der Waals surface area contributed by atoms with E-state index in [1.54, 1.807) is 0 Å². The summed E-state index contributed by atoms with van der Waals surface area (Å²) in [5, 5.41) is 9.56. The Hall–Kier alpha value is -0.550. The van der Waals surface area contributed by atoms with Gasteiger partial charge in [0.2, 0.25) is 0 Å². The molecule has 0 unspecified atom stereocenters. The molecule has 10 atom stereocenters. The molecule has 0 amide bonds. The van der Waals surface area contributed by atoms with Crippen molar-refractivity contribution in [2.45, 2.75) is 117 Å². The van der Waals surface area contributed by atoms with E-state index in [0.717, 1.165) is 48.3 Å². The van der Waals surface area contributed by atoms with Crippen LogP contribution in [0.25, 0.3) is 0 Å². The normalized spacial score (nSPS) is 52.6. The number of rotatable bonds is 5. The van der Waals surface area contributed by atoms with E-state index in [9.17, 15) is 5.26 Å². The Morgan fingerprint density at radius 1 is 1.00 bits per heavy atom. The maximum Gasteiger partial charge on any atom is 0.102 e. The van der Waals surface area contributed by atoms with E-state index in [4.69, 9.17) is 4.74 Å². The fraction of sp³-hybridized carbons (Fsp3) is 0.964. The van der Waals surface area contributed by atoms with E-state index in [0.29, 0.717) is 16.9 Å². The molecule has 0 aromatic rings. The van der Waals surface area contributed by atoms with Gasteiger partial charge in [-0.25, -0.2) is 0 Å².